The molecule has 0 radical (unpaired) electrons. The van der Waals surface area contributed by atoms with E-state index in [0.29, 0.717) is 15.5 Å². The van der Waals surface area contributed by atoms with Gasteiger partial charge in [-0.2, -0.15) is 0 Å². The molecule has 1 amide bonds. The van der Waals surface area contributed by atoms with Gasteiger partial charge in [-0.1, -0.05) is 60.3 Å². The summed E-state index contributed by atoms with van der Waals surface area (Å²) in [5, 5.41) is 10.4. The zero-order valence-corrected chi connectivity index (χ0v) is 11.3. The van der Waals surface area contributed by atoms with Crippen molar-refractivity contribution in [3.63, 3.8) is 0 Å². The fraction of sp³-hybridized carbons (Fsp3) is 0. The van der Waals surface area contributed by atoms with E-state index in [4.69, 9.17) is 0 Å². The van der Waals surface area contributed by atoms with Crippen LogP contribution in [0.25, 0.3) is 6.08 Å². The molecule has 0 aliphatic carbocycles. The second-order valence-electron chi connectivity index (χ2n) is 4.26. The van der Waals surface area contributed by atoms with E-state index in [1.807, 2.05) is 36.4 Å². The second-order valence-corrected chi connectivity index (χ2v) is 5.29. The number of benzene rings is 2. The summed E-state index contributed by atoms with van der Waals surface area (Å²) < 4.78 is 0. The van der Waals surface area contributed by atoms with E-state index in [2.05, 4.69) is 4.99 Å². The molecule has 3 nitrogen and oxygen atoms in total. The minimum Gasteiger partial charge on any atom is -0.507 e. The number of nitrogens with zero attached hydrogens (tertiary/aromatic N) is 1. The number of phenols is 1. The van der Waals surface area contributed by atoms with E-state index in [0.717, 1.165) is 5.56 Å². The molecule has 0 aromatic heterocycles. The monoisotopic (exact) mass is 281 g/mol. The van der Waals surface area contributed by atoms with E-state index < -0.39 is 0 Å². The molecule has 20 heavy (non-hydrogen) atoms. The van der Waals surface area contributed by atoms with Gasteiger partial charge >= 0.3 is 0 Å². The van der Waals surface area contributed by atoms with Gasteiger partial charge in [0.25, 0.3) is 5.91 Å². The summed E-state index contributed by atoms with van der Waals surface area (Å²) in [4.78, 5) is 16.5. The van der Waals surface area contributed by atoms with Crippen molar-refractivity contribution < 1.29 is 9.90 Å². The van der Waals surface area contributed by atoms with Crippen LogP contribution in [0.5, 0.6) is 5.75 Å². The Morgan fingerprint density at radius 3 is 2.45 bits per heavy atom. The maximum absolute atomic E-state index is 11.9. The predicted octanol–water partition coefficient (Wildman–Crippen LogP) is 3.45. The molecule has 1 aliphatic heterocycles. The van der Waals surface area contributed by atoms with Crippen LogP contribution < -0.4 is 0 Å². The molecule has 0 unspecified atom stereocenters. The minimum absolute atomic E-state index is 0.154. The van der Waals surface area contributed by atoms with Crippen molar-refractivity contribution in [3.05, 3.63) is 70.6 Å². The number of amides is 1. The summed E-state index contributed by atoms with van der Waals surface area (Å²) in [5.41, 5.74) is 1.54. The molecule has 0 spiro atoms. The molecule has 1 heterocycles. The lowest BCUT2D eigenvalue weighted by molar-refractivity contribution is -0.113. The minimum atomic E-state index is -0.267. The quantitative estimate of drug-likeness (QED) is 0.858. The lowest BCUT2D eigenvalue weighted by atomic mass is 10.2. The summed E-state index contributed by atoms with van der Waals surface area (Å²) in [6.07, 6.45) is 1.67. The molecule has 0 bridgehead atoms. The first-order valence-electron chi connectivity index (χ1n) is 6.10. The van der Waals surface area contributed by atoms with Gasteiger partial charge in [0.15, 0.2) is 0 Å². The van der Waals surface area contributed by atoms with Gasteiger partial charge in [0.1, 0.15) is 10.8 Å². The third kappa shape index (κ3) is 2.51. The van der Waals surface area contributed by atoms with Gasteiger partial charge in [-0.25, -0.2) is 4.99 Å². The lowest BCUT2D eigenvalue weighted by Gasteiger charge is -2.00. The summed E-state index contributed by atoms with van der Waals surface area (Å²) >= 11 is 1.33. The molecule has 0 fully saturated rings. The molecule has 2 aromatic carbocycles. The summed E-state index contributed by atoms with van der Waals surface area (Å²) in [5.74, 6) is -0.112. The number of carbonyl (C=O) groups is 1. The van der Waals surface area contributed by atoms with Gasteiger partial charge in [0, 0.05) is 11.1 Å². The standard InChI is InChI=1S/C16H11NO2S/c18-13-9-5-4-8-12(13)10-14-15(19)17-16(20-14)11-6-2-1-3-7-11/h1-10,18H/b14-10-. The molecule has 4 heteroatoms. The number of rotatable bonds is 2. The Morgan fingerprint density at radius 1 is 1.00 bits per heavy atom. The Balaban J connectivity index is 1.90. The highest BCUT2D eigenvalue weighted by molar-refractivity contribution is 8.19. The SMILES string of the molecule is O=C1N=C(c2ccccc2)S/C1=C\c1ccccc1O. The van der Waals surface area contributed by atoms with Gasteiger partial charge in [-0.05, 0) is 12.1 Å². The maximum Gasteiger partial charge on any atom is 0.284 e. The van der Waals surface area contributed by atoms with Crippen LogP contribution in [-0.2, 0) is 4.79 Å². The van der Waals surface area contributed by atoms with E-state index in [-0.39, 0.29) is 11.7 Å². The first kappa shape index (κ1) is 12.7. The first-order valence-corrected chi connectivity index (χ1v) is 6.92. The van der Waals surface area contributed by atoms with Crippen molar-refractivity contribution in [1.29, 1.82) is 0 Å². The van der Waals surface area contributed by atoms with E-state index in [1.54, 1.807) is 24.3 Å². The number of aliphatic imine (C=N–C) groups is 1. The largest absolute Gasteiger partial charge is 0.507 e. The van der Waals surface area contributed by atoms with E-state index >= 15 is 0 Å². The molecule has 1 N–H and O–H groups in total. The number of para-hydroxylation sites is 1. The molecule has 0 saturated heterocycles. The van der Waals surface area contributed by atoms with Crippen LogP contribution >= 0.6 is 11.8 Å². The Hall–Kier alpha value is -2.33. The molecule has 0 atom stereocenters. The fourth-order valence-corrected chi connectivity index (χ4v) is 2.77. The topological polar surface area (TPSA) is 49.7 Å². The van der Waals surface area contributed by atoms with Crippen molar-refractivity contribution in [2.24, 2.45) is 4.99 Å². The number of aromatic hydroxyl groups is 1. The molecule has 3 rings (SSSR count). The van der Waals surface area contributed by atoms with Gasteiger partial charge in [0.2, 0.25) is 0 Å². The maximum atomic E-state index is 11.9. The number of phenolic OH excluding ortho intramolecular Hbond substituents is 1. The van der Waals surface area contributed by atoms with Gasteiger partial charge in [-0.3, -0.25) is 4.79 Å². The van der Waals surface area contributed by atoms with Gasteiger partial charge in [0.05, 0.1) is 4.91 Å². The van der Waals surface area contributed by atoms with Crippen molar-refractivity contribution in [2.45, 2.75) is 0 Å². The Morgan fingerprint density at radius 2 is 1.70 bits per heavy atom. The molecular formula is C16H11NO2S. The van der Waals surface area contributed by atoms with Crippen LogP contribution in [0, 0.1) is 0 Å². The van der Waals surface area contributed by atoms with Crippen LogP contribution in [0.4, 0.5) is 0 Å². The predicted molar refractivity (Wildman–Crippen MR) is 81.7 cm³/mol. The average molecular weight is 281 g/mol. The zero-order chi connectivity index (χ0) is 13.9. The zero-order valence-electron chi connectivity index (χ0n) is 10.5. The highest BCUT2D eigenvalue weighted by atomic mass is 32.2. The van der Waals surface area contributed by atoms with E-state index in [1.165, 1.54) is 11.8 Å². The Labute approximate surface area is 120 Å². The molecule has 0 saturated carbocycles. The molecule has 1 aliphatic rings. The lowest BCUT2D eigenvalue weighted by Crippen LogP contribution is -1.89. The van der Waals surface area contributed by atoms with E-state index in [9.17, 15) is 9.90 Å². The average Bonchev–Trinajstić information content (AvgIpc) is 2.84. The number of hydrogen-bond acceptors (Lipinski definition) is 3. The number of hydrogen-bond donors (Lipinski definition) is 1. The highest BCUT2D eigenvalue weighted by Gasteiger charge is 2.22. The molecule has 98 valence electrons. The van der Waals surface area contributed by atoms with Gasteiger partial charge < -0.3 is 5.11 Å². The summed E-state index contributed by atoms with van der Waals surface area (Å²) in [6.45, 7) is 0. The normalized spacial score (nSPS) is 16.5. The van der Waals surface area contributed by atoms with Crippen molar-refractivity contribution in [2.75, 3.05) is 0 Å². The Kier molecular flexibility index (Phi) is 3.39. The van der Waals surface area contributed by atoms with Crippen LogP contribution in [-0.4, -0.2) is 16.1 Å². The second kappa shape index (κ2) is 5.35. The van der Waals surface area contributed by atoms with Crippen LogP contribution in [0.2, 0.25) is 0 Å². The highest BCUT2D eigenvalue weighted by Crippen LogP contribution is 2.33. The molecular weight excluding hydrogens is 270 g/mol. The fourth-order valence-electron chi connectivity index (χ4n) is 1.86. The third-order valence-corrected chi connectivity index (χ3v) is 3.90. The van der Waals surface area contributed by atoms with Crippen molar-refractivity contribution in [1.82, 2.24) is 0 Å². The van der Waals surface area contributed by atoms with Crippen molar-refractivity contribution in [3.8, 4) is 5.75 Å². The van der Waals surface area contributed by atoms with Gasteiger partial charge in [-0.15, -0.1) is 0 Å². The smallest absolute Gasteiger partial charge is 0.284 e. The third-order valence-electron chi connectivity index (χ3n) is 2.86. The number of thioether (sulfide) groups is 1. The summed E-state index contributed by atoms with van der Waals surface area (Å²) in [7, 11) is 0. The van der Waals surface area contributed by atoms with Crippen LogP contribution in [0.15, 0.2) is 64.5 Å². The van der Waals surface area contributed by atoms with Crippen LogP contribution in [0.3, 0.4) is 0 Å². The summed E-state index contributed by atoms with van der Waals surface area (Å²) in [6, 6.07) is 16.5. The first-order chi connectivity index (χ1) is 9.74. The van der Waals surface area contributed by atoms with Crippen LogP contribution in [0.1, 0.15) is 11.1 Å². The van der Waals surface area contributed by atoms with Crippen molar-refractivity contribution >= 4 is 28.8 Å². The number of carbonyl (C=O) groups excluding carboxylic acids is 1. The Bertz CT molecular complexity index is 720. The molecule has 2 aromatic rings.